The number of nitrogens with one attached hydrogen (secondary N) is 1. The van der Waals surface area contributed by atoms with Crippen LogP contribution in [-0.4, -0.2) is 41.1 Å². The van der Waals surface area contributed by atoms with Crippen LogP contribution in [0.25, 0.3) is 0 Å². The Morgan fingerprint density at radius 2 is 1.44 bits per heavy atom. The van der Waals surface area contributed by atoms with E-state index in [1.54, 1.807) is 0 Å². The fourth-order valence-corrected chi connectivity index (χ4v) is 3.48. The number of rotatable bonds is 14. The first kappa shape index (κ1) is 21.8. The molecule has 1 saturated heterocycles. The van der Waals surface area contributed by atoms with Crippen LogP contribution >= 0.6 is 0 Å². The van der Waals surface area contributed by atoms with E-state index in [0.717, 1.165) is 19.3 Å². The van der Waals surface area contributed by atoms with Crippen molar-refractivity contribution in [2.45, 2.75) is 103 Å². The SMILES string of the molecule is CCCCCCCCCCCCCCC(=O)N[C@H]1CCN(C(=O)O)C1. The Kier molecular flexibility index (Phi) is 12.2. The Balaban J connectivity index is 1.85. The second kappa shape index (κ2) is 14.0. The predicted molar refractivity (Wildman–Crippen MR) is 102 cm³/mol. The average molecular weight is 355 g/mol. The van der Waals surface area contributed by atoms with Gasteiger partial charge >= 0.3 is 6.09 Å². The summed E-state index contributed by atoms with van der Waals surface area (Å²) in [5, 5.41) is 11.9. The van der Waals surface area contributed by atoms with Gasteiger partial charge in [0.05, 0.1) is 0 Å². The Morgan fingerprint density at radius 1 is 0.920 bits per heavy atom. The van der Waals surface area contributed by atoms with E-state index in [1.807, 2.05) is 0 Å². The summed E-state index contributed by atoms with van der Waals surface area (Å²) in [7, 11) is 0. The summed E-state index contributed by atoms with van der Waals surface area (Å²) < 4.78 is 0. The quantitative estimate of drug-likeness (QED) is 0.434. The van der Waals surface area contributed by atoms with E-state index >= 15 is 0 Å². The highest BCUT2D eigenvalue weighted by Gasteiger charge is 2.26. The summed E-state index contributed by atoms with van der Waals surface area (Å²) in [6.07, 6.45) is 15.9. The molecule has 2 amide bonds. The molecule has 25 heavy (non-hydrogen) atoms. The van der Waals surface area contributed by atoms with Crippen LogP contribution < -0.4 is 5.32 Å². The summed E-state index contributed by atoms with van der Waals surface area (Å²) in [6, 6.07) is 0.000858. The van der Waals surface area contributed by atoms with Crippen molar-refractivity contribution in [1.29, 1.82) is 0 Å². The third kappa shape index (κ3) is 11.1. The molecule has 1 fully saturated rings. The summed E-state index contributed by atoms with van der Waals surface area (Å²) in [5.41, 5.74) is 0. The third-order valence-electron chi connectivity index (χ3n) is 5.08. The highest BCUT2D eigenvalue weighted by atomic mass is 16.4. The molecule has 0 unspecified atom stereocenters. The summed E-state index contributed by atoms with van der Waals surface area (Å²) in [6.45, 7) is 3.21. The monoisotopic (exact) mass is 354 g/mol. The summed E-state index contributed by atoms with van der Waals surface area (Å²) in [4.78, 5) is 24.1. The van der Waals surface area contributed by atoms with Crippen molar-refractivity contribution in [3.63, 3.8) is 0 Å². The van der Waals surface area contributed by atoms with Gasteiger partial charge in [-0.25, -0.2) is 4.79 Å². The number of carbonyl (C=O) groups is 2. The molecule has 146 valence electrons. The minimum absolute atomic E-state index is 0.000858. The van der Waals surface area contributed by atoms with E-state index < -0.39 is 6.09 Å². The van der Waals surface area contributed by atoms with Crippen LogP contribution in [0.1, 0.15) is 96.8 Å². The Morgan fingerprint density at radius 3 is 1.92 bits per heavy atom. The molecule has 0 aromatic carbocycles. The van der Waals surface area contributed by atoms with E-state index in [4.69, 9.17) is 5.11 Å². The van der Waals surface area contributed by atoms with Gasteiger partial charge in [0.2, 0.25) is 5.91 Å². The maximum Gasteiger partial charge on any atom is 0.407 e. The molecule has 1 aliphatic heterocycles. The smallest absolute Gasteiger partial charge is 0.407 e. The van der Waals surface area contributed by atoms with Crippen LogP contribution in [0.3, 0.4) is 0 Å². The third-order valence-corrected chi connectivity index (χ3v) is 5.08. The van der Waals surface area contributed by atoms with Gasteiger partial charge in [-0.3, -0.25) is 4.79 Å². The van der Waals surface area contributed by atoms with Gasteiger partial charge in [-0.05, 0) is 12.8 Å². The number of amides is 2. The largest absolute Gasteiger partial charge is 0.465 e. The van der Waals surface area contributed by atoms with Crippen LogP contribution in [0, 0.1) is 0 Å². The van der Waals surface area contributed by atoms with E-state index in [0.29, 0.717) is 19.5 Å². The summed E-state index contributed by atoms with van der Waals surface area (Å²) in [5.74, 6) is 0.0734. The second-order valence-electron chi connectivity index (χ2n) is 7.42. The molecule has 0 spiro atoms. The maximum absolute atomic E-state index is 11.9. The average Bonchev–Trinajstić information content (AvgIpc) is 3.04. The van der Waals surface area contributed by atoms with Gasteiger partial charge in [0.15, 0.2) is 0 Å². The number of unbranched alkanes of at least 4 members (excludes halogenated alkanes) is 11. The summed E-state index contributed by atoms with van der Waals surface area (Å²) >= 11 is 0. The molecular weight excluding hydrogens is 316 g/mol. The maximum atomic E-state index is 11.9. The van der Waals surface area contributed by atoms with Crippen LogP contribution in [0.2, 0.25) is 0 Å². The molecule has 0 radical (unpaired) electrons. The molecule has 1 atom stereocenters. The zero-order valence-corrected chi connectivity index (χ0v) is 16.1. The van der Waals surface area contributed by atoms with Crippen molar-refractivity contribution in [2.75, 3.05) is 13.1 Å². The zero-order chi connectivity index (χ0) is 18.3. The molecule has 2 N–H and O–H groups in total. The van der Waals surface area contributed by atoms with E-state index in [-0.39, 0.29) is 11.9 Å². The number of nitrogens with zero attached hydrogens (tertiary/aromatic N) is 1. The van der Waals surface area contributed by atoms with E-state index in [2.05, 4.69) is 12.2 Å². The van der Waals surface area contributed by atoms with E-state index in [1.165, 1.54) is 69.1 Å². The van der Waals surface area contributed by atoms with Crippen molar-refractivity contribution < 1.29 is 14.7 Å². The zero-order valence-electron chi connectivity index (χ0n) is 16.1. The van der Waals surface area contributed by atoms with Crippen molar-refractivity contribution >= 4 is 12.0 Å². The van der Waals surface area contributed by atoms with Crippen molar-refractivity contribution in [1.82, 2.24) is 10.2 Å². The van der Waals surface area contributed by atoms with Crippen LogP contribution in [-0.2, 0) is 4.79 Å². The van der Waals surface area contributed by atoms with Gasteiger partial charge < -0.3 is 15.3 Å². The van der Waals surface area contributed by atoms with Crippen LogP contribution in [0.15, 0.2) is 0 Å². The highest BCUT2D eigenvalue weighted by Crippen LogP contribution is 2.13. The molecule has 1 aliphatic rings. The van der Waals surface area contributed by atoms with Crippen LogP contribution in [0.5, 0.6) is 0 Å². The molecule has 0 aromatic rings. The van der Waals surface area contributed by atoms with Gasteiger partial charge in [0.25, 0.3) is 0 Å². The molecule has 1 heterocycles. The number of carbonyl (C=O) groups excluding carboxylic acids is 1. The van der Waals surface area contributed by atoms with Gasteiger partial charge in [0.1, 0.15) is 0 Å². The number of likely N-dealkylation sites (tertiary alicyclic amines) is 1. The lowest BCUT2D eigenvalue weighted by Gasteiger charge is -2.13. The molecule has 1 rings (SSSR count). The normalized spacial score (nSPS) is 17.0. The standard InChI is InChI=1S/C20H38N2O3/c1-2-3-4-5-6-7-8-9-10-11-12-13-14-19(23)21-18-15-16-22(17-18)20(24)25/h18H,2-17H2,1H3,(H,21,23)(H,24,25)/t18-/m0/s1. The van der Waals surface area contributed by atoms with Crippen molar-refractivity contribution in [2.24, 2.45) is 0 Å². The number of carboxylic acid groups (broad SMARTS) is 1. The van der Waals surface area contributed by atoms with Gasteiger partial charge in [-0.2, -0.15) is 0 Å². The van der Waals surface area contributed by atoms with Gasteiger partial charge in [-0.1, -0.05) is 77.6 Å². The topological polar surface area (TPSA) is 69.6 Å². The molecule has 0 aromatic heterocycles. The minimum Gasteiger partial charge on any atom is -0.465 e. The number of hydrogen-bond acceptors (Lipinski definition) is 2. The Hall–Kier alpha value is -1.26. The first-order chi connectivity index (χ1) is 12.1. The molecule has 0 saturated carbocycles. The Bertz CT molecular complexity index is 374. The first-order valence-electron chi connectivity index (χ1n) is 10.4. The lowest BCUT2D eigenvalue weighted by Crippen LogP contribution is -2.38. The Labute approximate surface area is 153 Å². The molecule has 5 heteroatoms. The molecular formula is C20H38N2O3. The first-order valence-corrected chi connectivity index (χ1v) is 10.4. The van der Waals surface area contributed by atoms with Crippen molar-refractivity contribution in [3.05, 3.63) is 0 Å². The molecule has 0 aliphatic carbocycles. The van der Waals surface area contributed by atoms with Crippen molar-refractivity contribution in [3.8, 4) is 0 Å². The van der Waals surface area contributed by atoms with Gasteiger partial charge in [-0.15, -0.1) is 0 Å². The van der Waals surface area contributed by atoms with Gasteiger partial charge in [0, 0.05) is 25.6 Å². The minimum atomic E-state index is -0.891. The fourth-order valence-electron chi connectivity index (χ4n) is 3.48. The van der Waals surface area contributed by atoms with Crippen LogP contribution in [0.4, 0.5) is 4.79 Å². The predicted octanol–water partition coefficient (Wildman–Crippen LogP) is 4.95. The number of hydrogen-bond donors (Lipinski definition) is 2. The molecule has 5 nitrogen and oxygen atoms in total. The lowest BCUT2D eigenvalue weighted by atomic mass is 10.0. The van der Waals surface area contributed by atoms with E-state index in [9.17, 15) is 9.59 Å². The highest BCUT2D eigenvalue weighted by molar-refractivity contribution is 5.76. The molecule has 0 bridgehead atoms. The second-order valence-corrected chi connectivity index (χ2v) is 7.42. The lowest BCUT2D eigenvalue weighted by molar-refractivity contribution is -0.121. The fraction of sp³-hybridized carbons (Fsp3) is 0.900.